The number of rotatable bonds is 11. The van der Waals surface area contributed by atoms with Crippen LogP contribution in [-0.2, 0) is 31.1 Å². The van der Waals surface area contributed by atoms with Crippen LogP contribution in [0.2, 0.25) is 0 Å². The van der Waals surface area contributed by atoms with Crippen molar-refractivity contribution in [1.29, 1.82) is 0 Å². The van der Waals surface area contributed by atoms with Gasteiger partial charge in [-0.2, -0.15) is 0 Å². The minimum atomic E-state index is -3.62. The summed E-state index contributed by atoms with van der Waals surface area (Å²) in [6.45, 7) is 2.01. The molecule has 0 fully saturated rings. The molecule has 0 spiro atoms. The molecule has 4 rings (SSSR count). The molecular formula is C26H31N5O5S2. The van der Waals surface area contributed by atoms with E-state index >= 15 is 0 Å². The number of nitrogens with zero attached hydrogens (tertiary/aromatic N) is 4. The molecule has 0 unspecified atom stereocenters. The smallest absolute Gasteiger partial charge is 0.206 e. The Bertz CT molecular complexity index is 1510. The van der Waals surface area contributed by atoms with Gasteiger partial charge in [0, 0.05) is 36.7 Å². The molecule has 0 saturated carbocycles. The number of nitrogen functional groups attached to an aromatic ring is 1. The van der Waals surface area contributed by atoms with Crippen LogP contribution >= 0.6 is 0 Å². The van der Waals surface area contributed by atoms with E-state index in [1.165, 1.54) is 6.26 Å². The first-order chi connectivity index (χ1) is 18.0. The first-order valence-electron chi connectivity index (χ1n) is 12.0. The van der Waals surface area contributed by atoms with Gasteiger partial charge in [0.15, 0.2) is 5.82 Å². The average Bonchev–Trinajstić information content (AvgIpc) is 2.90. The van der Waals surface area contributed by atoms with E-state index in [2.05, 4.69) is 9.97 Å². The lowest BCUT2D eigenvalue weighted by atomic mass is 10.1. The zero-order valence-corrected chi connectivity index (χ0v) is 23.0. The molecule has 0 amide bonds. The zero-order valence-electron chi connectivity index (χ0n) is 21.3. The van der Waals surface area contributed by atoms with Crippen LogP contribution in [0.1, 0.15) is 17.7 Å². The Morgan fingerprint density at radius 1 is 0.974 bits per heavy atom. The van der Waals surface area contributed by atoms with Gasteiger partial charge in [0.2, 0.25) is 9.84 Å². The predicted molar refractivity (Wildman–Crippen MR) is 146 cm³/mol. The van der Waals surface area contributed by atoms with Crippen molar-refractivity contribution in [2.24, 2.45) is 0 Å². The van der Waals surface area contributed by atoms with Crippen LogP contribution in [-0.4, -0.2) is 75.5 Å². The molecule has 1 aliphatic heterocycles. The quantitative estimate of drug-likeness (QED) is 0.350. The highest BCUT2D eigenvalue weighted by atomic mass is 32.2. The molecule has 1 aliphatic rings. The molecule has 3 aromatic rings. The molecule has 0 radical (unpaired) electrons. The number of nitrogens with two attached hydrogens (primary N) is 1. The Hall–Kier alpha value is -3.32. The van der Waals surface area contributed by atoms with E-state index in [9.17, 15) is 16.8 Å². The molecule has 10 nitrogen and oxygen atoms in total. The first kappa shape index (κ1) is 27.7. The average molecular weight is 558 g/mol. The molecule has 0 atom stereocenters. The lowest BCUT2D eigenvalue weighted by molar-refractivity contribution is -0.130. The van der Waals surface area contributed by atoms with Crippen LogP contribution in [0.15, 0.2) is 70.6 Å². The standard InChI is InChI=1S/C26H31N5O5S2/c1-30(16-18-37(2,32)33)14-6-17-36-31-15-13-23-24(19-31)28-26(29-25(23)27)20-9-11-22(12-10-20)38(34,35)21-7-4-3-5-8-21/h3-5,7-13,15H,6,14,16-19H2,1-2H3,(H2,27,28,29). The fraction of sp³-hybridized carbons (Fsp3) is 0.308. The molecule has 0 aliphatic carbocycles. The molecule has 12 heteroatoms. The largest absolute Gasteiger partial charge is 0.383 e. The number of benzene rings is 2. The first-order valence-corrected chi connectivity index (χ1v) is 15.6. The molecule has 38 heavy (non-hydrogen) atoms. The molecule has 0 bridgehead atoms. The van der Waals surface area contributed by atoms with Crippen molar-refractivity contribution < 1.29 is 21.7 Å². The predicted octanol–water partition coefficient (Wildman–Crippen LogP) is 2.64. The van der Waals surface area contributed by atoms with Crippen LogP contribution in [0.5, 0.6) is 0 Å². The van der Waals surface area contributed by atoms with Gasteiger partial charge in [-0.1, -0.05) is 18.2 Å². The summed E-state index contributed by atoms with van der Waals surface area (Å²) >= 11 is 0. The van der Waals surface area contributed by atoms with Crippen molar-refractivity contribution in [2.45, 2.75) is 22.8 Å². The van der Waals surface area contributed by atoms with E-state index in [0.717, 1.165) is 12.0 Å². The van der Waals surface area contributed by atoms with E-state index in [-0.39, 0.29) is 15.5 Å². The third-order valence-electron chi connectivity index (χ3n) is 6.03. The molecule has 2 aromatic carbocycles. The highest BCUT2D eigenvalue weighted by Gasteiger charge is 2.20. The summed E-state index contributed by atoms with van der Waals surface area (Å²) in [5.74, 6) is 0.854. The Labute approximate surface area is 223 Å². The van der Waals surface area contributed by atoms with Crippen molar-refractivity contribution in [3.05, 3.63) is 72.1 Å². The van der Waals surface area contributed by atoms with Gasteiger partial charge < -0.3 is 10.6 Å². The Kier molecular flexibility index (Phi) is 8.46. The second kappa shape index (κ2) is 11.6. The van der Waals surface area contributed by atoms with Gasteiger partial charge >= 0.3 is 0 Å². The fourth-order valence-electron chi connectivity index (χ4n) is 3.88. The van der Waals surface area contributed by atoms with Crippen molar-refractivity contribution in [3.8, 4) is 11.4 Å². The third-order valence-corrected chi connectivity index (χ3v) is 8.74. The van der Waals surface area contributed by atoms with Gasteiger partial charge in [0.05, 0.1) is 34.4 Å². The maximum Gasteiger partial charge on any atom is 0.206 e. The second-order valence-corrected chi connectivity index (χ2v) is 13.4. The summed E-state index contributed by atoms with van der Waals surface area (Å²) in [7, 11) is -4.72. The number of aromatic nitrogens is 2. The Morgan fingerprint density at radius 3 is 2.34 bits per heavy atom. The summed E-state index contributed by atoms with van der Waals surface area (Å²) in [6, 6.07) is 14.7. The van der Waals surface area contributed by atoms with E-state index in [1.807, 2.05) is 11.9 Å². The minimum absolute atomic E-state index is 0.130. The lowest BCUT2D eigenvalue weighted by Crippen LogP contribution is -2.28. The zero-order chi connectivity index (χ0) is 27.3. The molecule has 0 saturated heterocycles. The van der Waals surface area contributed by atoms with Gasteiger partial charge in [-0.15, -0.1) is 0 Å². The highest BCUT2D eigenvalue weighted by Crippen LogP contribution is 2.28. The topological polar surface area (TPSA) is 136 Å². The SMILES string of the molecule is CN(CCCON1C=Cc2c(N)nc(-c3ccc(S(=O)(=O)c4ccccc4)cc3)nc2C1)CCS(C)(=O)=O. The van der Waals surface area contributed by atoms with Gasteiger partial charge in [-0.05, 0) is 55.9 Å². The van der Waals surface area contributed by atoms with Crippen molar-refractivity contribution in [1.82, 2.24) is 19.9 Å². The summed E-state index contributed by atoms with van der Waals surface area (Å²) in [6.07, 6.45) is 5.54. The van der Waals surface area contributed by atoms with E-state index in [1.54, 1.807) is 71.9 Å². The maximum absolute atomic E-state index is 12.9. The summed E-state index contributed by atoms with van der Waals surface area (Å²) in [5, 5.41) is 1.67. The Morgan fingerprint density at radius 2 is 1.66 bits per heavy atom. The van der Waals surface area contributed by atoms with Gasteiger partial charge in [0.1, 0.15) is 15.7 Å². The fourth-order valence-corrected chi connectivity index (χ4v) is 5.81. The van der Waals surface area contributed by atoms with Crippen molar-refractivity contribution in [2.75, 3.05) is 44.5 Å². The van der Waals surface area contributed by atoms with E-state index in [0.29, 0.717) is 49.1 Å². The number of anilines is 1. The number of sulfone groups is 2. The van der Waals surface area contributed by atoms with E-state index < -0.39 is 19.7 Å². The van der Waals surface area contributed by atoms with Crippen LogP contribution < -0.4 is 5.73 Å². The maximum atomic E-state index is 12.9. The normalized spacial score (nSPS) is 13.6. The number of hydrogen-bond acceptors (Lipinski definition) is 10. The van der Waals surface area contributed by atoms with Crippen LogP contribution in [0.3, 0.4) is 0 Å². The molecule has 202 valence electrons. The van der Waals surface area contributed by atoms with Crippen LogP contribution in [0, 0.1) is 0 Å². The van der Waals surface area contributed by atoms with Crippen LogP contribution in [0.4, 0.5) is 5.82 Å². The molecule has 2 heterocycles. The van der Waals surface area contributed by atoms with Crippen molar-refractivity contribution in [3.63, 3.8) is 0 Å². The Balaban J connectivity index is 1.39. The minimum Gasteiger partial charge on any atom is -0.383 e. The number of hydrogen-bond donors (Lipinski definition) is 1. The van der Waals surface area contributed by atoms with Gasteiger partial charge in [-0.25, -0.2) is 26.8 Å². The molecule has 2 N–H and O–H groups in total. The van der Waals surface area contributed by atoms with Gasteiger partial charge in [-0.3, -0.25) is 9.90 Å². The molecule has 1 aromatic heterocycles. The van der Waals surface area contributed by atoms with E-state index in [4.69, 9.17) is 10.6 Å². The van der Waals surface area contributed by atoms with Crippen molar-refractivity contribution >= 4 is 31.6 Å². The number of fused-ring (bicyclic) bond motifs is 1. The van der Waals surface area contributed by atoms with Gasteiger partial charge in [0.25, 0.3) is 0 Å². The summed E-state index contributed by atoms with van der Waals surface area (Å²) < 4.78 is 48.4. The summed E-state index contributed by atoms with van der Waals surface area (Å²) in [5.41, 5.74) is 8.27. The third kappa shape index (κ3) is 6.95. The molecular weight excluding hydrogens is 526 g/mol. The van der Waals surface area contributed by atoms with Crippen LogP contribution in [0.25, 0.3) is 17.5 Å². The monoisotopic (exact) mass is 557 g/mol. The second-order valence-electron chi connectivity index (χ2n) is 9.14. The summed E-state index contributed by atoms with van der Waals surface area (Å²) in [4.78, 5) is 17.3. The highest BCUT2D eigenvalue weighted by molar-refractivity contribution is 7.91. The number of hydroxylamine groups is 2. The lowest BCUT2D eigenvalue weighted by Gasteiger charge is -2.25.